The van der Waals surface area contributed by atoms with Crippen molar-refractivity contribution in [1.82, 2.24) is 10.3 Å². The molecular weight excluding hydrogens is 270 g/mol. The summed E-state index contributed by atoms with van der Waals surface area (Å²) >= 11 is 1.60. The highest BCUT2D eigenvalue weighted by molar-refractivity contribution is 7.09. The van der Waals surface area contributed by atoms with Crippen LogP contribution < -0.4 is 11.1 Å². The Morgan fingerprint density at radius 2 is 2.15 bits per heavy atom. The molecule has 1 aromatic heterocycles. The Bertz CT molecular complexity index is 553. The van der Waals surface area contributed by atoms with E-state index in [1.807, 2.05) is 35.7 Å². The van der Waals surface area contributed by atoms with Crippen LogP contribution in [0.25, 0.3) is 0 Å². The van der Waals surface area contributed by atoms with Crippen LogP contribution in [-0.2, 0) is 17.6 Å². The van der Waals surface area contributed by atoms with Crippen molar-refractivity contribution in [3.63, 3.8) is 0 Å². The number of aryl methyl sites for hydroxylation is 1. The SMILES string of the molecule is CCc1nc(CC(=O)NCC(N)c2ccccc2)cs1. The second-order valence-electron chi connectivity index (χ2n) is 4.58. The molecule has 1 atom stereocenters. The number of amides is 1. The predicted molar refractivity (Wildman–Crippen MR) is 81.6 cm³/mol. The Hall–Kier alpha value is -1.72. The van der Waals surface area contributed by atoms with Crippen molar-refractivity contribution >= 4 is 17.2 Å². The molecule has 5 heteroatoms. The Balaban J connectivity index is 1.80. The summed E-state index contributed by atoms with van der Waals surface area (Å²) in [5, 5.41) is 5.86. The maximum absolute atomic E-state index is 11.8. The van der Waals surface area contributed by atoms with E-state index >= 15 is 0 Å². The second-order valence-corrected chi connectivity index (χ2v) is 5.53. The van der Waals surface area contributed by atoms with Gasteiger partial charge < -0.3 is 11.1 Å². The van der Waals surface area contributed by atoms with E-state index < -0.39 is 0 Å². The van der Waals surface area contributed by atoms with Crippen LogP contribution in [0.4, 0.5) is 0 Å². The molecule has 1 amide bonds. The zero-order chi connectivity index (χ0) is 14.4. The molecule has 0 aliphatic rings. The third-order valence-electron chi connectivity index (χ3n) is 2.99. The first-order chi connectivity index (χ1) is 9.69. The summed E-state index contributed by atoms with van der Waals surface area (Å²) in [5.74, 6) is -0.0377. The van der Waals surface area contributed by atoms with Gasteiger partial charge in [0.2, 0.25) is 5.91 Å². The van der Waals surface area contributed by atoms with E-state index in [1.54, 1.807) is 11.3 Å². The molecule has 1 aromatic carbocycles. The van der Waals surface area contributed by atoms with Crippen molar-refractivity contribution in [3.05, 3.63) is 52.0 Å². The molecule has 1 unspecified atom stereocenters. The van der Waals surface area contributed by atoms with Gasteiger partial charge in [0.1, 0.15) is 0 Å². The third-order valence-corrected chi connectivity index (χ3v) is 4.03. The lowest BCUT2D eigenvalue weighted by Crippen LogP contribution is -2.32. The van der Waals surface area contributed by atoms with Gasteiger partial charge >= 0.3 is 0 Å². The van der Waals surface area contributed by atoms with Crippen molar-refractivity contribution in [3.8, 4) is 0 Å². The van der Waals surface area contributed by atoms with Crippen LogP contribution in [0.15, 0.2) is 35.7 Å². The number of carbonyl (C=O) groups excluding carboxylic acids is 1. The minimum atomic E-state index is -0.179. The van der Waals surface area contributed by atoms with Gasteiger partial charge in [-0.05, 0) is 12.0 Å². The normalized spacial score (nSPS) is 12.1. The van der Waals surface area contributed by atoms with E-state index in [2.05, 4.69) is 17.2 Å². The van der Waals surface area contributed by atoms with Gasteiger partial charge in [-0.3, -0.25) is 4.79 Å². The maximum atomic E-state index is 11.8. The quantitative estimate of drug-likeness (QED) is 0.855. The summed E-state index contributed by atoms with van der Waals surface area (Å²) in [7, 11) is 0. The summed E-state index contributed by atoms with van der Waals surface area (Å²) in [6.45, 7) is 2.50. The highest BCUT2D eigenvalue weighted by Gasteiger charge is 2.10. The number of benzene rings is 1. The zero-order valence-corrected chi connectivity index (χ0v) is 12.3. The van der Waals surface area contributed by atoms with Gasteiger partial charge in [-0.15, -0.1) is 11.3 Å². The summed E-state index contributed by atoms with van der Waals surface area (Å²) in [6.07, 6.45) is 1.23. The molecule has 106 valence electrons. The molecule has 0 saturated heterocycles. The molecule has 4 nitrogen and oxygen atoms in total. The Labute approximate surface area is 123 Å². The average Bonchev–Trinajstić information content (AvgIpc) is 2.93. The molecule has 0 bridgehead atoms. The number of aromatic nitrogens is 1. The van der Waals surface area contributed by atoms with Crippen LogP contribution in [-0.4, -0.2) is 17.4 Å². The summed E-state index contributed by atoms with van der Waals surface area (Å²) < 4.78 is 0. The molecule has 2 aromatic rings. The van der Waals surface area contributed by atoms with Gasteiger partial charge in [0.25, 0.3) is 0 Å². The fourth-order valence-corrected chi connectivity index (χ4v) is 2.61. The second kappa shape index (κ2) is 7.17. The molecule has 20 heavy (non-hydrogen) atoms. The Morgan fingerprint density at radius 1 is 1.40 bits per heavy atom. The van der Waals surface area contributed by atoms with Crippen molar-refractivity contribution in [2.75, 3.05) is 6.54 Å². The number of thiazole rings is 1. The van der Waals surface area contributed by atoms with Crippen molar-refractivity contribution in [1.29, 1.82) is 0 Å². The minimum Gasteiger partial charge on any atom is -0.354 e. The number of nitrogens with one attached hydrogen (secondary N) is 1. The average molecular weight is 289 g/mol. The highest BCUT2D eigenvalue weighted by Crippen LogP contribution is 2.11. The van der Waals surface area contributed by atoms with E-state index in [9.17, 15) is 4.79 Å². The standard InChI is InChI=1S/C15H19N3OS/c1-2-15-18-12(10-20-15)8-14(19)17-9-13(16)11-6-4-3-5-7-11/h3-7,10,13H,2,8-9,16H2,1H3,(H,17,19). The minimum absolute atomic E-state index is 0.0377. The number of nitrogens with two attached hydrogens (primary N) is 1. The smallest absolute Gasteiger partial charge is 0.226 e. The monoisotopic (exact) mass is 289 g/mol. The molecule has 0 spiro atoms. The van der Waals surface area contributed by atoms with Crippen LogP contribution in [0.5, 0.6) is 0 Å². The predicted octanol–water partition coefficient (Wildman–Crippen LogP) is 2.06. The van der Waals surface area contributed by atoms with Crippen LogP contribution >= 0.6 is 11.3 Å². The van der Waals surface area contributed by atoms with Crippen LogP contribution in [0.1, 0.15) is 29.2 Å². The largest absolute Gasteiger partial charge is 0.354 e. The molecule has 3 N–H and O–H groups in total. The van der Waals surface area contributed by atoms with Gasteiger partial charge in [0, 0.05) is 18.0 Å². The van der Waals surface area contributed by atoms with E-state index in [0.717, 1.165) is 22.7 Å². The lowest BCUT2D eigenvalue weighted by atomic mass is 10.1. The van der Waals surface area contributed by atoms with Gasteiger partial charge in [0.05, 0.1) is 17.1 Å². The number of carbonyl (C=O) groups is 1. The maximum Gasteiger partial charge on any atom is 0.226 e. The first-order valence-electron chi connectivity index (χ1n) is 6.69. The number of hydrogen-bond acceptors (Lipinski definition) is 4. The van der Waals surface area contributed by atoms with Crippen molar-refractivity contribution in [2.45, 2.75) is 25.8 Å². The fourth-order valence-electron chi connectivity index (χ4n) is 1.86. The fraction of sp³-hybridized carbons (Fsp3) is 0.333. The third kappa shape index (κ3) is 4.15. The molecular formula is C15H19N3OS. The van der Waals surface area contributed by atoms with Crippen molar-refractivity contribution in [2.24, 2.45) is 5.73 Å². The highest BCUT2D eigenvalue weighted by atomic mass is 32.1. The first kappa shape index (κ1) is 14.7. The van der Waals surface area contributed by atoms with Gasteiger partial charge in [0.15, 0.2) is 0 Å². The molecule has 1 heterocycles. The molecule has 0 aliphatic heterocycles. The number of hydrogen-bond donors (Lipinski definition) is 2. The van der Waals surface area contributed by atoms with E-state index in [-0.39, 0.29) is 11.9 Å². The lowest BCUT2D eigenvalue weighted by molar-refractivity contribution is -0.120. The lowest BCUT2D eigenvalue weighted by Gasteiger charge is -2.12. The molecule has 2 rings (SSSR count). The molecule has 0 fully saturated rings. The van der Waals surface area contributed by atoms with Crippen LogP contribution in [0.2, 0.25) is 0 Å². The molecule has 0 aliphatic carbocycles. The summed E-state index contributed by atoms with van der Waals surface area (Å²) in [5.41, 5.74) is 7.89. The van der Waals surface area contributed by atoms with Crippen LogP contribution in [0.3, 0.4) is 0 Å². The Kier molecular flexibility index (Phi) is 5.26. The van der Waals surface area contributed by atoms with Gasteiger partial charge in [-0.1, -0.05) is 37.3 Å². The summed E-state index contributed by atoms with van der Waals surface area (Å²) in [4.78, 5) is 16.2. The molecule has 0 saturated carbocycles. The van der Waals surface area contributed by atoms with Gasteiger partial charge in [-0.25, -0.2) is 4.98 Å². The first-order valence-corrected chi connectivity index (χ1v) is 7.57. The van der Waals surface area contributed by atoms with E-state index in [0.29, 0.717) is 13.0 Å². The zero-order valence-electron chi connectivity index (χ0n) is 11.5. The van der Waals surface area contributed by atoms with E-state index in [4.69, 9.17) is 5.73 Å². The number of rotatable bonds is 6. The van der Waals surface area contributed by atoms with Crippen molar-refractivity contribution < 1.29 is 4.79 Å². The summed E-state index contributed by atoms with van der Waals surface area (Å²) in [6, 6.07) is 9.58. The van der Waals surface area contributed by atoms with E-state index in [1.165, 1.54) is 0 Å². The Morgan fingerprint density at radius 3 is 2.80 bits per heavy atom. The van der Waals surface area contributed by atoms with Crippen LogP contribution in [0, 0.1) is 0 Å². The van der Waals surface area contributed by atoms with Gasteiger partial charge in [-0.2, -0.15) is 0 Å². The topological polar surface area (TPSA) is 68.0 Å². The molecule has 0 radical (unpaired) electrons. The number of nitrogens with zero attached hydrogens (tertiary/aromatic N) is 1.